The predicted octanol–water partition coefficient (Wildman–Crippen LogP) is 8.68. The topological polar surface area (TPSA) is 83.8 Å². The third-order valence-electron chi connectivity index (χ3n) is 5.83. The van der Waals surface area contributed by atoms with E-state index < -0.39 is 5.97 Å². The van der Waals surface area contributed by atoms with Crippen molar-refractivity contribution in [2.24, 2.45) is 0 Å². The monoisotopic (exact) mass is 478 g/mol. The van der Waals surface area contributed by atoms with Crippen LogP contribution in [0.4, 0.5) is 0 Å². The minimum Gasteiger partial charge on any atom is -0.508 e. The van der Waals surface area contributed by atoms with Crippen molar-refractivity contribution in [2.45, 2.75) is 129 Å². The maximum Gasteiger partial charge on any atom is 0.338 e. The Bertz CT molecular complexity index is 597. The van der Waals surface area contributed by atoms with Gasteiger partial charge in [-0.3, -0.25) is 4.79 Å². The first kappa shape index (κ1) is 32.0. The fraction of sp³-hybridized carbons (Fsp3) is 0.724. The first-order valence-electron chi connectivity index (χ1n) is 13.7. The van der Waals surface area contributed by atoms with Crippen LogP contribution in [-0.4, -0.2) is 28.8 Å². The van der Waals surface area contributed by atoms with Gasteiger partial charge >= 0.3 is 11.9 Å². The molecule has 1 aromatic rings. The molecule has 0 unspecified atom stereocenters. The summed E-state index contributed by atoms with van der Waals surface area (Å²) in [5, 5.41) is 17.5. The van der Waals surface area contributed by atoms with E-state index in [0.717, 1.165) is 25.7 Å². The summed E-state index contributed by atoms with van der Waals surface area (Å²) in [5.41, 5.74) is 0.471. The van der Waals surface area contributed by atoms with E-state index in [2.05, 4.69) is 6.92 Å². The van der Waals surface area contributed by atoms with Gasteiger partial charge in [-0.25, -0.2) is 4.79 Å². The Kier molecular flexibility index (Phi) is 22.7. The van der Waals surface area contributed by atoms with E-state index in [1.165, 1.54) is 95.6 Å². The number of carbonyl (C=O) groups is 2. The molecule has 1 aromatic carbocycles. The van der Waals surface area contributed by atoms with Gasteiger partial charge in [0.05, 0.1) is 12.2 Å². The maximum atomic E-state index is 11.3. The zero-order chi connectivity index (χ0) is 25.3. The molecule has 0 aromatic heterocycles. The van der Waals surface area contributed by atoms with E-state index >= 15 is 0 Å². The van der Waals surface area contributed by atoms with Gasteiger partial charge in [0.2, 0.25) is 0 Å². The van der Waals surface area contributed by atoms with Gasteiger partial charge in [-0.05, 0) is 37.1 Å². The number of carboxylic acid groups (broad SMARTS) is 1. The fourth-order valence-corrected chi connectivity index (χ4v) is 3.64. The number of phenols is 1. The van der Waals surface area contributed by atoms with E-state index in [1.54, 1.807) is 12.1 Å². The smallest absolute Gasteiger partial charge is 0.338 e. The van der Waals surface area contributed by atoms with Gasteiger partial charge in [-0.2, -0.15) is 0 Å². The molecule has 0 radical (unpaired) electrons. The molecule has 5 nitrogen and oxygen atoms in total. The molecule has 0 fully saturated rings. The summed E-state index contributed by atoms with van der Waals surface area (Å²) in [6.07, 6.45) is 22.1. The van der Waals surface area contributed by atoms with Gasteiger partial charge in [0.15, 0.2) is 0 Å². The predicted molar refractivity (Wildman–Crippen MR) is 140 cm³/mol. The number of carbonyl (C=O) groups excluding carboxylic acids is 1. The van der Waals surface area contributed by atoms with E-state index in [-0.39, 0.29) is 11.7 Å². The SMILES string of the molecule is CCCCCCCCCCCCCCCCCC(=O)O.CCCCOC(=O)c1ccc(O)cc1. The van der Waals surface area contributed by atoms with Crippen LogP contribution in [0.3, 0.4) is 0 Å². The second-order valence-electron chi connectivity index (χ2n) is 9.13. The zero-order valence-corrected chi connectivity index (χ0v) is 21.9. The number of aromatic hydroxyl groups is 1. The average molecular weight is 479 g/mol. The lowest BCUT2D eigenvalue weighted by molar-refractivity contribution is -0.137. The summed E-state index contributed by atoms with van der Waals surface area (Å²) in [6, 6.07) is 6.03. The van der Waals surface area contributed by atoms with Crippen molar-refractivity contribution in [3.8, 4) is 5.75 Å². The van der Waals surface area contributed by atoms with Gasteiger partial charge in [-0.1, -0.05) is 110 Å². The number of hydrogen-bond acceptors (Lipinski definition) is 4. The van der Waals surface area contributed by atoms with Crippen molar-refractivity contribution in [2.75, 3.05) is 6.61 Å². The van der Waals surface area contributed by atoms with Crippen LogP contribution in [-0.2, 0) is 9.53 Å². The highest BCUT2D eigenvalue weighted by atomic mass is 16.5. The largest absolute Gasteiger partial charge is 0.508 e. The first-order valence-corrected chi connectivity index (χ1v) is 13.7. The quantitative estimate of drug-likeness (QED) is 0.145. The molecule has 0 atom stereocenters. The van der Waals surface area contributed by atoms with E-state index in [4.69, 9.17) is 14.9 Å². The molecule has 2 N–H and O–H groups in total. The van der Waals surface area contributed by atoms with Gasteiger partial charge in [0.25, 0.3) is 0 Å². The average Bonchev–Trinajstić information content (AvgIpc) is 2.82. The van der Waals surface area contributed by atoms with Crippen LogP contribution in [0.25, 0.3) is 0 Å². The van der Waals surface area contributed by atoms with Crippen LogP contribution >= 0.6 is 0 Å². The number of hydrogen-bond donors (Lipinski definition) is 2. The number of phenolic OH excluding ortho intramolecular Hbond substituents is 1. The number of unbranched alkanes of at least 4 members (excludes halogenated alkanes) is 15. The summed E-state index contributed by atoms with van der Waals surface area (Å²) in [4.78, 5) is 21.7. The third kappa shape index (κ3) is 21.8. The lowest BCUT2D eigenvalue weighted by atomic mass is 10.0. The summed E-state index contributed by atoms with van der Waals surface area (Å²) in [5.74, 6) is -0.840. The Balaban J connectivity index is 0.000000679. The van der Waals surface area contributed by atoms with Gasteiger partial charge in [-0.15, -0.1) is 0 Å². The standard InChI is InChI=1S/C18H36O2.C11H14O3/c1-2-3-4-5-6-7-8-9-10-11-12-13-14-15-16-17-18(19)20;1-2-3-8-14-11(13)9-4-6-10(12)7-5-9/h2-17H2,1H3,(H,19,20);4-7,12H,2-3,8H2,1H3. The van der Waals surface area contributed by atoms with Gasteiger partial charge < -0.3 is 14.9 Å². The van der Waals surface area contributed by atoms with Crippen molar-refractivity contribution < 1.29 is 24.5 Å². The number of carboxylic acids is 1. The Morgan fingerprint density at radius 2 is 1.06 bits per heavy atom. The molecule has 5 heteroatoms. The molecule has 0 spiro atoms. The Labute approximate surface area is 208 Å². The second kappa shape index (κ2) is 24.1. The van der Waals surface area contributed by atoms with Crippen molar-refractivity contribution in [3.05, 3.63) is 29.8 Å². The molecule has 34 heavy (non-hydrogen) atoms. The fourth-order valence-electron chi connectivity index (χ4n) is 3.64. The third-order valence-corrected chi connectivity index (χ3v) is 5.83. The number of benzene rings is 1. The summed E-state index contributed by atoms with van der Waals surface area (Å²) >= 11 is 0. The van der Waals surface area contributed by atoms with E-state index in [1.807, 2.05) is 6.92 Å². The molecule has 1 rings (SSSR count). The molecule has 0 saturated heterocycles. The lowest BCUT2D eigenvalue weighted by Crippen LogP contribution is -2.05. The Morgan fingerprint density at radius 3 is 1.47 bits per heavy atom. The summed E-state index contributed by atoms with van der Waals surface area (Å²) in [7, 11) is 0. The van der Waals surface area contributed by atoms with Crippen LogP contribution in [0, 0.1) is 0 Å². The summed E-state index contributed by atoms with van der Waals surface area (Å²) < 4.78 is 4.99. The minimum atomic E-state index is -0.653. The minimum absolute atomic E-state index is 0.148. The maximum absolute atomic E-state index is 11.3. The van der Waals surface area contributed by atoms with Gasteiger partial charge in [0, 0.05) is 6.42 Å². The van der Waals surface area contributed by atoms with E-state index in [0.29, 0.717) is 18.6 Å². The van der Waals surface area contributed by atoms with Crippen molar-refractivity contribution in [3.63, 3.8) is 0 Å². The van der Waals surface area contributed by atoms with Crippen molar-refractivity contribution in [1.82, 2.24) is 0 Å². The number of esters is 1. The van der Waals surface area contributed by atoms with Crippen LogP contribution in [0.15, 0.2) is 24.3 Å². The molecule has 0 heterocycles. The molecule has 0 aliphatic rings. The van der Waals surface area contributed by atoms with Crippen molar-refractivity contribution in [1.29, 1.82) is 0 Å². The highest BCUT2D eigenvalue weighted by molar-refractivity contribution is 5.89. The van der Waals surface area contributed by atoms with Gasteiger partial charge in [0.1, 0.15) is 5.75 Å². The molecule has 0 bridgehead atoms. The highest BCUT2D eigenvalue weighted by Crippen LogP contribution is 2.14. The Morgan fingerprint density at radius 1 is 0.647 bits per heavy atom. The normalized spacial score (nSPS) is 10.4. The molecule has 0 aliphatic heterocycles. The van der Waals surface area contributed by atoms with E-state index in [9.17, 15) is 9.59 Å². The molecular formula is C29H50O5. The second-order valence-corrected chi connectivity index (χ2v) is 9.13. The molecular weight excluding hydrogens is 428 g/mol. The van der Waals surface area contributed by atoms with Crippen LogP contribution in [0.1, 0.15) is 140 Å². The number of ether oxygens (including phenoxy) is 1. The molecule has 0 saturated carbocycles. The first-order chi connectivity index (χ1) is 16.5. The highest BCUT2D eigenvalue weighted by Gasteiger charge is 2.05. The van der Waals surface area contributed by atoms with Crippen LogP contribution in [0.2, 0.25) is 0 Å². The number of rotatable bonds is 20. The van der Waals surface area contributed by atoms with Crippen LogP contribution in [0.5, 0.6) is 5.75 Å². The lowest BCUT2D eigenvalue weighted by Gasteiger charge is -2.03. The number of aliphatic carboxylic acids is 1. The Hall–Kier alpha value is -2.04. The molecule has 0 amide bonds. The molecule has 0 aliphatic carbocycles. The summed E-state index contributed by atoms with van der Waals surface area (Å²) in [6.45, 7) is 4.76. The zero-order valence-electron chi connectivity index (χ0n) is 21.9. The molecule has 196 valence electrons. The van der Waals surface area contributed by atoms with Crippen molar-refractivity contribution >= 4 is 11.9 Å². The van der Waals surface area contributed by atoms with Crippen LogP contribution < -0.4 is 0 Å².